The molecule has 3 heterocycles. The number of hydrogen-bond acceptors (Lipinski definition) is 6. The maximum absolute atomic E-state index is 13.2. The summed E-state index contributed by atoms with van der Waals surface area (Å²) in [6.45, 7) is 6.02. The lowest BCUT2D eigenvalue weighted by Gasteiger charge is -2.33. The summed E-state index contributed by atoms with van der Waals surface area (Å²) >= 11 is 0. The van der Waals surface area contributed by atoms with E-state index in [-0.39, 0.29) is 12.3 Å². The molecule has 2 aromatic heterocycles. The van der Waals surface area contributed by atoms with Crippen LogP contribution in [0.4, 0.5) is 24.7 Å². The smallest absolute Gasteiger partial charge is 0.396 e. The molecule has 0 aliphatic carbocycles. The van der Waals surface area contributed by atoms with Gasteiger partial charge in [0.1, 0.15) is 0 Å². The standard InChI is InChI=1S/C21H25F3N6O/c1-13-14(2)19-26-27-20(21(22,23)24)30(19)28-18(13)25-11-15-3-5-17(6-4-15)29-9-7-16(12-31)8-10-29/h3-6,16,31H,7-12H2,1-2H3,(H,25,28). The van der Waals surface area contributed by atoms with Gasteiger partial charge in [0, 0.05) is 37.5 Å². The van der Waals surface area contributed by atoms with E-state index in [1.807, 2.05) is 24.3 Å². The van der Waals surface area contributed by atoms with Gasteiger partial charge in [-0.05, 0) is 55.9 Å². The van der Waals surface area contributed by atoms with Gasteiger partial charge in [-0.1, -0.05) is 12.1 Å². The zero-order valence-corrected chi connectivity index (χ0v) is 17.4. The van der Waals surface area contributed by atoms with Crippen molar-refractivity contribution in [1.82, 2.24) is 19.8 Å². The van der Waals surface area contributed by atoms with Gasteiger partial charge in [0.05, 0.1) is 0 Å². The molecule has 0 atom stereocenters. The van der Waals surface area contributed by atoms with Crippen LogP contribution in [0.15, 0.2) is 24.3 Å². The molecule has 0 bridgehead atoms. The highest BCUT2D eigenvalue weighted by atomic mass is 19.4. The molecule has 1 saturated heterocycles. The van der Waals surface area contributed by atoms with Crippen molar-refractivity contribution in [2.24, 2.45) is 5.92 Å². The molecule has 0 saturated carbocycles. The first-order chi connectivity index (χ1) is 14.8. The molecule has 0 radical (unpaired) electrons. The zero-order chi connectivity index (χ0) is 22.2. The van der Waals surface area contributed by atoms with Crippen LogP contribution >= 0.6 is 0 Å². The van der Waals surface area contributed by atoms with Crippen LogP contribution in [0.5, 0.6) is 0 Å². The number of nitrogens with one attached hydrogen (secondary N) is 1. The van der Waals surface area contributed by atoms with Gasteiger partial charge in [0.25, 0.3) is 5.82 Å². The van der Waals surface area contributed by atoms with E-state index in [0.717, 1.165) is 47.3 Å². The number of piperidine rings is 1. The fraction of sp³-hybridized carbons (Fsp3) is 0.476. The largest absolute Gasteiger partial charge is 0.453 e. The van der Waals surface area contributed by atoms with Gasteiger partial charge in [0.2, 0.25) is 0 Å². The maximum atomic E-state index is 13.2. The Morgan fingerprint density at radius 2 is 1.74 bits per heavy atom. The third-order valence-corrected chi connectivity index (χ3v) is 5.98. The molecule has 0 unspecified atom stereocenters. The normalized spacial score (nSPS) is 15.6. The minimum Gasteiger partial charge on any atom is -0.396 e. The van der Waals surface area contributed by atoms with Gasteiger partial charge < -0.3 is 15.3 Å². The van der Waals surface area contributed by atoms with E-state index in [4.69, 9.17) is 0 Å². The number of alkyl halides is 3. The first-order valence-corrected chi connectivity index (χ1v) is 10.3. The van der Waals surface area contributed by atoms with E-state index in [1.54, 1.807) is 13.8 Å². The highest BCUT2D eigenvalue weighted by molar-refractivity contribution is 5.58. The van der Waals surface area contributed by atoms with Crippen LogP contribution in [-0.2, 0) is 12.7 Å². The van der Waals surface area contributed by atoms with Crippen LogP contribution in [0.1, 0.15) is 35.4 Å². The van der Waals surface area contributed by atoms with Crippen LogP contribution in [-0.4, -0.2) is 44.6 Å². The summed E-state index contributed by atoms with van der Waals surface area (Å²) in [5, 5.41) is 23.5. The molecule has 0 spiro atoms. The Bertz CT molecular complexity index is 1060. The molecule has 31 heavy (non-hydrogen) atoms. The average molecular weight is 434 g/mol. The summed E-state index contributed by atoms with van der Waals surface area (Å²) < 4.78 is 40.4. The number of rotatable bonds is 5. The second kappa shape index (κ2) is 8.33. The molecule has 166 valence electrons. The van der Waals surface area contributed by atoms with Crippen LogP contribution in [0.2, 0.25) is 0 Å². The van der Waals surface area contributed by atoms with E-state index in [9.17, 15) is 18.3 Å². The zero-order valence-electron chi connectivity index (χ0n) is 17.4. The second-order valence-corrected chi connectivity index (χ2v) is 7.99. The molecule has 1 aliphatic rings. The summed E-state index contributed by atoms with van der Waals surface area (Å²) in [5.41, 5.74) is 3.56. The summed E-state index contributed by atoms with van der Waals surface area (Å²) in [4.78, 5) is 2.30. The number of fused-ring (bicyclic) bond motifs is 1. The van der Waals surface area contributed by atoms with Crippen LogP contribution in [0.25, 0.3) is 5.65 Å². The van der Waals surface area contributed by atoms with Crippen LogP contribution < -0.4 is 10.2 Å². The van der Waals surface area contributed by atoms with Crippen molar-refractivity contribution < 1.29 is 18.3 Å². The highest BCUT2D eigenvalue weighted by Crippen LogP contribution is 2.30. The van der Waals surface area contributed by atoms with Crippen molar-refractivity contribution in [3.8, 4) is 0 Å². The second-order valence-electron chi connectivity index (χ2n) is 7.99. The van der Waals surface area contributed by atoms with Crippen molar-refractivity contribution >= 4 is 17.2 Å². The van der Waals surface area contributed by atoms with Gasteiger partial charge in [-0.15, -0.1) is 15.3 Å². The molecule has 4 rings (SSSR count). The van der Waals surface area contributed by atoms with E-state index < -0.39 is 12.0 Å². The number of halogens is 3. The van der Waals surface area contributed by atoms with Crippen molar-refractivity contribution in [2.45, 2.75) is 39.4 Å². The Labute approximate surface area is 177 Å². The number of aromatic nitrogens is 4. The van der Waals surface area contributed by atoms with Gasteiger partial charge in [-0.2, -0.15) is 17.7 Å². The molecule has 1 aliphatic heterocycles. The average Bonchev–Trinajstić information content (AvgIpc) is 3.20. The molecule has 2 N–H and O–H groups in total. The fourth-order valence-corrected chi connectivity index (χ4v) is 3.86. The van der Waals surface area contributed by atoms with Gasteiger partial charge >= 0.3 is 6.18 Å². The first-order valence-electron chi connectivity index (χ1n) is 10.3. The Hall–Kier alpha value is -2.88. The summed E-state index contributed by atoms with van der Waals surface area (Å²) in [6, 6.07) is 8.10. The lowest BCUT2D eigenvalue weighted by Crippen LogP contribution is -2.34. The SMILES string of the molecule is Cc1c(NCc2ccc(N3CCC(CO)CC3)cc2)nn2c(C(F)(F)F)nnc2c1C. The predicted octanol–water partition coefficient (Wildman–Crippen LogP) is 3.58. The lowest BCUT2D eigenvalue weighted by atomic mass is 9.97. The quantitative estimate of drug-likeness (QED) is 0.639. The molecule has 7 nitrogen and oxygen atoms in total. The molecular formula is C21H25F3N6O. The Kier molecular flexibility index (Phi) is 5.74. The monoisotopic (exact) mass is 434 g/mol. The minimum atomic E-state index is -4.63. The van der Waals surface area contributed by atoms with Crippen LogP contribution in [0, 0.1) is 19.8 Å². The number of anilines is 2. The number of aryl methyl sites for hydroxylation is 1. The first kappa shape index (κ1) is 21.4. The molecule has 1 fully saturated rings. The van der Waals surface area contributed by atoms with Gasteiger partial charge in [0.15, 0.2) is 11.5 Å². The lowest BCUT2D eigenvalue weighted by molar-refractivity contribution is -0.146. The summed E-state index contributed by atoms with van der Waals surface area (Å²) in [7, 11) is 0. The van der Waals surface area contributed by atoms with Gasteiger partial charge in [-0.25, -0.2) is 0 Å². The maximum Gasteiger partial charge on any atom is 0.453 e. The summed E-state index contributed by atoms with van der Waals surface area (Å²) in [5.74, 6) is -0.381. The molecule has 3 aromatic rings. The van der Waals surface area contributed by atoms with E-state index in [1.165, 1.54) is 0 Å². The third kappa shape index (κ3) is 4.30. The topological polar surface area (TPSA) is 78.6 Å². The van der Waals surface area contributed by atoms with Crippen molar-refractivity contribution in [3.05, 3.63) is 46.8 Å². The highest BCUT2D eigenvalue weighted by Gasteiger charge is 2.38. The number of aliphatic hydroxyl groups is 1. The number of hydrogen-bond donors (Lipinski definition) is 2. The van der Waals surface area contributed by atoms with Gasteiger partial charge in [-0.3, -0.25) is 0 Å². The molecule has 1 aromatic carbocycles. The Morgan fingerprint density at radius 3 is 2.35 bits per heavy atom. The van der Waals surface area contributed by atoms with Crippen LogP contribution in [0.3, 0.4) is 0 Å². The molecule has 0 amide bonds. The summed E-state index contributed by atoms with van der Waals surface area (Å²) in [6.07, 6.45) is -2.67. The van der Waals surface area contributed by atoms with E-state index in [0.29, 0.717) is 23.8 Å². The molecular weight excluding hydrogens is 409 g/mol. The van der Waals surface area contributed by atoms with Crippen molar-refractivity contribution in [1.29, 1.82) is 0 Å². The third-order valence-electron chi connectivity index (χ3n) is 5.98. The van der Waals surface area contributed by atoms with E-state index >= 15 is 0 Å². The number of nitrogens with zero attached hydrogens (tertiary/aromatic N) is 5. The number of benzene rings is 1. The number of aliphatic hydroxyl groups excluding tert-OH is 1. The fourth-order valence-electron chi connectivity index (χ4n) is 3.86. The van der Waals surface area contributed by atoms with E-state index in [2.05, 4.69) is 25.5 Å². The molecule has 10 heteroatoms. The Morgan fingerprint density at radius 1 is 1.06 bits per heavy atom. The Balaban J connectivity index is 1.48. The minimum absolute atomic E-state index is 0.102. The van der Waals surface area contributed by atoms with Crippen molar-refractivity contribution in [2.75, 3.05) is 29.9 Å². The van der Waals surface area contributed by atoms with Crippen molar-refractivity contribution in [3.63, 3.8) is 0 Å². The predicted molar refractivity (Wildman–Crippen MR) is 111 cm³/mol.